The number of hydrogen-bond donors (Lipinski definition) is 0. The Kier molecular flexibility index (Phi) is 6.37. The topological polar surface area (TPSA) is 7.12 Å². The molecule has 2 nitrogen and oxygen atoms in total. The van der Waals surface area contributed by atoms with E-state index in [0.717, 1.165) is 30.8 Å². The summed E-state index contributed by atoms with van der Waals surface area (Å²) in [5, 5.41) is 0. The molecule has 0 bridgehead atoms. The lowest BCUT2D eigenvalue weighted by Gasteiger charge is -2.20. The van der Waals surface area contributed by atoms with Gasteiger partial charge in [0.25, 0.3) is 0 Å². The molecule has 0 saturated carbocycles. The lowest BCUT2D eigenvalue weighted by Crippen LogP contribution is -2.33. The maximum Gasteiger partial charge on any atom is 0.173 e. The molecule has 0 unspecified atom stereocenters. The first-order valence-electron chi connectivity index (χ1n) is 9.44. The van der Waals surface area contributed by atoms with E-state index in [0.29, 0.717) is 0 Å². The van der Waals surface area contributed by atoms with Gasteiger partial charge in [0.2, 0.25) is 0 Å². The highest BCUT2D eigenvalue weighted by Crippen LogP contribution is 2.16. The number of nitrogens with zero attached hydrogens (tertiary/aromatic N) is 2. The lowest BCUT2D eigenvalue weighted by atomic mass is 10.1. The maximum atomic E-state index is 13.0. The molecule has 3 rings (SSSR count). The molecule has 0 aliphatic rings. The van der Waals surface area contributed by atoms with Gasteiger partial charge in [0.15, 0.2) is 18.9 Å². The van der Waals surface area contributed by atoms with Gasteiger partial charge in [-0.25, -0.2) is 8.96 Å². The summed E-state index contributed by atoms with van der Waals surface area (Å²) in [6.07, 6.45) is 8.35. The van der Waals surface area contributed by atoms with Gasteiger partial charge >= 0.3 is 0 Å². The largest absolute Gasteiger partial charge is 0.372 e. The summed E-state index contributed by atoms with van der Waals surface area (Å²) >= 11 is 0. The molecule has 0 amide bonds. The van der Waals surface area contributed by atoms with Crippen LogP contribution < -0.4 is 9.47 Å². The Balaban J connectivity index is 1.62. The first kappa shape index (κ1) is 18.8. The third kappa shape index (κ3) is 5.27. The van der Waals surface area contributed by atoms with Crippen molar-refractivity contribution in [3.8, 4) is 0 Å². The molecule has 0 N–H and O–H groups in total. The van der Waals surface area contributed by atoms with Crippen LogP contribution >= 0.6 is 0 Å². The van der Waals surface area contributed by atoms with Crippen LogP contribution in [0.1, 0.15) is 30.5 Å². The molecule has 138 valence electrons. The Morgan fingerprint density at radius 1 is 0.778 bits per heavy atom. The van der Waals surface area contributed by atoms with E-state index in [-0.39, 0.29) is 5.82 Å². The zero-order valence-electron chi connectivity index (χ0n) is 16.0. The minimum absolute atomic E-state index is 0.200. The average Bonchev–Trinajstić information content (AvgIpc) is 2.71. The van der Waals surface area contributed by atoms with Crippen molar-refractivity contribution < 1.29 is 8.96 Å². The third-order valence-electron chi connectivity index (χ3n) is 4.69. The molecule has 0 aliphatic carbocycles. The van der Waals surface area contributed by atoms with E-state index in [4.69, 9.17) is 0 Å². The SMILES string of the molecule is CCN(CC)c1ccc(/C=C/c2cc[n+](Cc3ccc(F)cc3)cc2)cc1. The van der Waals surface area contributed by atoms with E-state index in [9.17, 15) is 4.39 Å². The molecule has 2 aromatic carbocycles. The first-order chi connectivity index (χ1) is 13.2. The molecule has 0 fully saturated rings. The van der Waals surface area contributed by atoms with E-state index >= 15 is 0 Å². The lowest BCUT2D eigenvalue weighted by molar-refractivity contribution is -0.688. The van der Waals surface area contributed by atoms with Crippen molar-refractivity contribution in [1.82, 2.24) is 0 Å². The second-order valence-corrected chi connectivity index (χ2v) is 6.53. The number of anilines is 1. The smallest absolute Gasteiger partial charge is 0.173 e. The molecular weight excluding hydrogens is 335 g/mol. The number of pyridine rings is 1. The van der Waals surface area contributed by atoms with Crippen LogP contribution in [0, 0.1) is 5.82 Å². The predicted molar refractivity (Wildman–Crippen MR) is 111 cm³/mol. The summed E-state index contributed by atoms with van der Waals surface area (Å²) in [4.78, 5) is 2.34. The van der Waals surface area contributed by atoms with Crippen LogP contribution in [0.2, 0.25) is 0 Å². The molecule has 3 heteroatoms. The average molecular weight is 361 g/mol. The standard InChI is InChI=1S/C24H26FN2/c1-3-27(4-2)24-13-9-20(10-14-24)5-6-21-15-17-26(18-16-21)19-22-7-11-23(25)12-8-22/h5-18H,3-4,19H2,1-2H3/q+1. The third-order valence-corrected chi connectivity index (χ3v) is 4.69. The number of aromatic nitrogens is 1. The van der Waals surface area contributed by atoms with Crippen LogP contribution in [-0.4, -0.2) is 13.1 Å². The summed E-state index contributed by atoms with van der Waals surface area (Å²) in [6, 6.07) is 19.5. The van der Waals surface area contributed by atoms with E-state index in [1.54, 1.807) is 0 Å². The minimum atomic E-state index is -0.200. The summed E-state index contributed by atoms with van der Waals surface area (Å²) in [5.74, 6) is -0.200. The normalized spacial score (nSPS) is 11.1. The molecular formula is C24H26FN2+. The fraction of sp³-hybridized carbons (Fsp3) is 0.208. The fourth-order valence-electron chi connectivity index (χ4n) is 3.06. The Morgan fingerprint density at radius 3 is 1.89 bits per heavy atom. The van der Waals surface area contributed by atoms with E-state index in [1.807, 2.05) is 24.5 Å². The second kappa shape index (κ2) is 9.13. The highest BCUT2D eigenvalue weighted by Gasteiger charge is 2.03. The molecule has 0 saturated heterocycles. The summed E-state index contributed by atoms with van der Waals surface area (Å²) < 4.78 is 15.1. The van der Waals surface area contributed by atoms with Gasteiger partial charge in [-0.05, 0) is 61.4 Å². The Labute approximate surface area is 161 Å². The van der Waals surface area contributed by atoms with Gasteiger partial charge in [-0.2, -0.15) is 0 Å². The van der Waals surface area contributed by atoms with Crippen molar-refractivity contribution >= 4 is 17.8 Å². The quantitative estimate of drug-likeness (QED) is 0.526. The van der Waals surface area contributed by atoms with Crippen LogP contribution in [0.4, 0.5) is 10.1 Å². The summed E-state index contributed by atoms with van der Waals surface area (Å²) in [5.41, 5.74) is 4.68. The predicted octanol–water partition coefficient (Wildman–Crippen LogP) is 5.18. The fourth-order valence-corrected chi connectivity index (χ4v) is 3.06. The molecule has 0 aliphatic heterocycles. The van der Waals surface area contributed by atoms with Crippen molar-refractivity contribution in [3.63, 3.8) is 0 Å². The zero-order chi connectivity index (χ0) is 19.1. The van der Waals surface area contributed by atoms with E-state index in [1.165, 1.54) is 23.4 Å². The van der Waals surface area contributed by atoms with Crippen molar-refractivity contribution in [3.05, 3.63) is 95.6 Å². The second-order valence-electron chi connectivity index (χ2n) is 6.53. The van der Waals surface area contributed by atoms with E-state index in [2.05, 4.69) is 71.9 Å². The van der Waals surface area contributed by atoms with Crippen LogP contribution in [-0.2, 0) is 6.54 Å². The van der Waals surface area contributed by atoms with Gasteiger partial charge in [-0.3, -0.25) is 0 Å². The Hall–Kier alpha value is -2.94. The molecule has 0 spiro atoms. The zero-order valence-corrected chi connectivity index (χ0v) is 16.0. The number of hydrogen-bond acceptors (Lipinski definition) is 1. The Bertz CT molecular complexity index is 862. The molecule has 0 radical (unpaired) electrons. The van der Waals surface area contributed by atoms with Gasteiger partial charge in [-0.1, -0.05) is 24.3 Å². The van der Waals surface area contributed by atoms with Crippen molar-refractivity contribution in [2.24, 2.45) is 0 Å². The van der Waals surface area contributed by atoms with Crippen LogP contribution in [0.25, 0.3) is 12.2 Å². The maximum absolute atomic E-state index is 13.0. The highest BCUT2D eigenvalue weighted by atomic mass is 19.1. The number of benzene rings is 2. The highest BCUT2D eigenvalue weighted by molar-refractivity contribution is 5.70. The van der Waals surface area contributed by atoms with Gasteiger partial charge in [0.1, 0.15) is 5.82 Å². The Morgan fingerprint density at radius 2 is 1.33 bits per heavy atom. The monoisotopic (exact) mass is 361 g/mol. The number of rotatable bonds is 7. The van der Waals surface area contributed by atoms with Gasteiger partial charge < -0.3 is 4.90 Å². The molecule has 3 aromatic rings. The van der Waals surface area contributed by atoms with Crippen molar-refractivity contribution in [2.75, 3.05) is 18.0 Å². The van der Waals surface area contributed by atoms with Gasteiger partial charge in [0, 0.05) is 36.5 Å². The molecule has 1 aromatic heterocycles. The van der Waals surface area contributed by atoms with Crippen molar-refractivity contribution in [1.29, 1.82) is 0 Å². The van der Waals surface area contributed by atoms with Gasteiger partial charge in [-0.15, -0.1) is 0 Å². The molecule has 0 atom stereocenters. The van der Waals surface area contributed by atoms with Crippen molar-refractivity contribution in [2.45, 2.75) is 20.4 Å². The minimum Gasteiger partial charge on any atom is -0.372 e. The summed E-state index contributed by atoms with van der Waals surface area (Å²) in [6.45, 7) is 7.13. The summed E-state index contributed by atoms with van der Waals surface area (Å²) in [7, 11) is 0. The van der Waals surface area contributed by atoms with E-state index < -0.39 is 0 Å². The first-order valence-corrected chi connectivity index (χ1v) is 9.44. The molecule has 1 heterocycles. The van der Waals surface area contributed by atoms with Crippen LogP contribution in [0.5, 0.6) is 0 Å². The van der Waals surface area contributed by atoms with Crippen LogP contribution in [0.3, 0.4) is 0 Å². The van der Waals surface area contributed by atoms with Gasteiger partial charge in [0.05, 0.1) is 0 Å². The number of halogens is 1. The molecule has 27 heavy (non-hydrogen) atoms. The van der Waals surface area contributed by atoms with Crippen LogP contribution in [0.15, 0.2) is 73.1 Å².